The minimum Gasteiger partial charge on any atom is -0.343 e. The van der Waals surface area contributed by atoms with Crippen molar-refractivity contribution >= 4 is 17.7 Å². The van der Waals surface area contributed by atoms with Crippen LogP contribution >= 0.6 is 0 Å². The second kappa shape index (κ2) is 7.67. The minimum absolute atomic E-state index is 0.148. The number of benzene rings is 1. The zero-order chi connectivity index (χ0) is 16.0. The highest BCUT2D eigenvalue weighted by Crippen LogP contribution is 2.24. The average Bonchev–Trinajstić information content (AvgIpc) is 2.44. The lowest BCUT2D eigenvalue weighted by Crippen LogP contribution is -2.49. The Morgan fingerprint density at radius 3 is 2.05 bits per heavy atom. The molecule has 2 N–H and O–H groups in total. The van der Waals surface area contributed by atoms with Crippen molar-refractivity contribution in [2.24, 2.45) is 0 Å². The van der Waals surface area contributed by atoms with Gasteiger partial charge in [-0.3, -0.25) is 15.6 Å². The van der Waals surface area contributed by atoms with Gasteiger partial charge in [0.1, 0.15) is 0 Å². The summed E-state index contributed by atoms with van der Waals surface area (Å²) in [5.41, 5.74) is 3.03. The maximum absolute atomic E-state index is 12.5. The molecule has 0 saturated heterocycles. The van der Waals surface area contributed by atoms with E-state index >= 15 is 0 Å². The number of urea groups is 1. The molecule has 0 saturated carbocycles. The summed E-state index contributed by atoms with van der Waals surface area (Å²) in [4.78, 5) is 16.0. The van der Waals surface area contributed by atoms with Crippen molar-refractivity contribution in [2.75, 3.05) is 24.5 Å². The number of anilines is 1. The molecule has 0 unspecified atom stereocenters. The van der Waals surface area contributed by atoms with Gasteiger partial charge in [-0.25, -0.2) is 4.79 Å². The Morgan fingerprint density at radius 1 is 1.10 bits per heavy atom. The van der Waals surface area contributed by atoms with Crippen molar-refractivity contribution in [1.29, 1.82) is 5.41 Å². The molecule has 1 aromatic carbocycles. The van der Waals surface area contributed by atoms with Crippen LogP contribution in [0.4, 0.5) is 10.5 Å². The molecular formula is C16H26N4O. The summed E-state index contributed by atoms with van der Waals surface area (Å²) < 4.78 is 0. The van der Waals surface area contributed by atoms with Crippen LogP contribution < -0.4 is 10.2 Å². The van der Waals surface area contributed by atoms with Gasteiger partial charge in [0.05, 0.1) is 5.69 Å². The molecule has 0 fully saturated rings. The number of aryl methyl sites for hydroxylation is 2. The molecule has 2 amide bonds. The van der Waals surface area contributed by atoms with E-state index in [1.54, 1.807) is 9.80 Å². The molecule has 1 rings (SSSR count). The van der Waals surface area contributed by atoms with Gasteiger partial charge in [-0.2, -0.15) is 0 Å². The van der Waals surface area contributed by atoms with Crippen LogP contribution in [0.15, 0.2) is 18.2 Å². The third kappa shape index (κ3) is 3.97. The molecule has 0 heterocycles. The van der Waals surface area contributed by atoms with Gasteiger partial charge in [-0.15, -0.1) is 0 Å². The zero-order valence-electron chi connectivity index (χ0n) is 13.7. The first-order valence-electron chi connectivity index (χ1n) is 7.44. The Morgan fingerprint density at radius 2 is 1.62 bits per heavy atom. The van der Waals surface area contributed by atoms with Gasteiger partial charge < -0.3 is 4.90 Å². The molecule has 0 bridgehead atoms. The largest absolute Gasteiger partial charge is 0.343 e. The Hall–Kier alpha value is -2.04. The van der Waals surface area contributed by atoms with Crippen molar-refractivity contribution in [3.63, 3.8) is 0 Å². The van der Waals surface area contributed by atoms with Crippen LogP contribution in [0, 0.1) is 19.3 Å². The molecule has 116 valence electrons. The molecule has 0 aliphatic heterocycles. The Bertz CT molecular complexity index is 489. The van der Waals surface area contributed by atoms with Gasteiger partial charge in [-0.05, 0) is 45.7 Å². The molecule has 5 nitrogen and oxygen atoms in total. The first-order valence-corrected chi connectivity index (χ1v) is 7.44. The van der Waals surface area contributed by atoms with Gasteiger partial charge in [0.15, 0.2) is 5.96 Å². The normalized spacial score (nSPS) is 10.1. The van der Waals surface area contributed by atoms with E-state index in [0.717, 1.165) is 16.8 Å². The van der Waals surface area contributed by atoms with Crippen molar-refractivity contribution in [1.82, 2.24) is 10.2 Å². The highest BCUT2D eigenvalue weighted by molar-refractivity contribution is 6.03. The van der Waals surface area contributed by atoms with Gasteiger partial charge in [-0.1, -0.05) is 18.2 Å². The van der Waals surface area contributed by atoms with E-state index in [2.05, 4.69) is 5.32 Å². The van der Waals surface area contributed by atoms with Crippen molar-refractivity contribution in [3.05, 3.63) is 29.3 Å². The van der Waals surface area contributed by atoms with E-state index < -0.39 is 0 Å². The maximum atomic E-state index is 12.5. The van der Waals surface area contributed by atoms with Gasteiger partial charge in [0.25, 0.3) is 0 Å². The third-order valence-corrected chi connectivity index (χ3v) is 3.58. The second-order valence-electron chi connectivity index (χ2n) is 4.94. The van der Waals surface area contributed by atoms with Crippen LogP contribution in [-0.2, 0) is 0 Å². The molecule has 1 aromatic rings. The number of carbonyl (C=O) groups is 1. The van der Waals surface area contributed by atoms with Gasteiger partial charge in [0.2, 0.25) is 0 Å². The number of carbonyl (C=O) groups excluding carboxylic acids is 1. The molecule has 0 radical (unpaired) electrons. The quantitative estimate of drug-likeness (QED) is 0.661. The molecule has 0 aromatic heterocycles. The van der Waals surface area contributed by atoms with E-state index in [-0.39, 0.29) is 12.0 Å². The highest BCUT2D eigenvalue weighted by atomic mass is 16.2. The Kier molecular flexibility index (Phi) is 6.21. The number of nitrogens with zero attached hydrogens (tertiary/aromatic N) is 2. The molecular weight excluding hydrogens is 264 g/mol. The first kappa shape index (κ1) is 17.0. The lowest BCUT2D eigenvalue weighted by Gasteiger charge is -2.28. The van der Waals surface area contributed by atoms with E-state index in [4.69, 9.17) is 5.41 Å². The number of hydrogen-bond acceptors (Lipinski definition) is 2. The van der Waals surface area contributed by atoms with E-state index in [9.17, 15) is 4.79 Å². The summed E-state index contributed by atoms with van der Waals surface area (Å²) >= 11 is 0. The summed E-state index contributed by atoms with van der Waals surface area (Å²) in [7, 11) is 0. The average molecular weight is 290 g/mol. The lowest BCUT2D eigenvalue weighted by molar-refractivity contribution is 0.249. The first-order chi connectivity index (χ1) is 9.96. The monoisotopic (exact) mass is 290 g/mol. The summed E-state index contributed by atoms with van der Waals surface area (Å²) in [6.45, 7) is 11.8. The highest BCUT2D eigenvalue weighted by Gasteiger charge is 2.19. The third-order valence-electron chi connectivity index (χ3n) is 3.58. The summed E-state index contributed by atoms with van der Waals surface area (Å²) in [6, 6.07) is 5.71. The fraction of sp³-hybridized carbons (Fsp3) is 0.500. The number of amides is 2. The van der Waals surface area contributed by atoms with Crippen LogP contribution in [0.5, 0.6) is 0 Å². The predicted molar refractivity (Wildman–Crippen MR) is 88.1 cm³/mol. The molecule has 5 heteroatoms. The van der Waals surface area contributed by atoms with Crippen LogP contribution in [0.1, 0.15) is 31.9 Å². The minimum atomic E-state index is -0.258. The van der Waals surface area contributed by atoms with E-state index in [0.29, 0.717) is 19.6 Å². The molecule has 21 heavy (non-hydrogen) atoms. The molecule has 0 aliphatic rings. The van der Waals surface area contributed by atoms with E-state index in [1.165, 1.54) is 0 Å². The second-order valence-corrected chi connectivity index (χ2v) is 4.94. The Balaban J connectivity index is 2.95. The van der Waals surface area contributed by atoms with E-state index in [1.807, 2.05) is 52.8 Å². The Labute approximate surface area is 127 Å². The van der Waals surface area contributed by atoms with Crippen LogP contribution in [0.3, 0.4) is 0 Å². The van der Waals surface area contributed by atoms with Crippen LogP contribution in [-0.4, -0.2) is 36.5 Å². The topological polar surface area (TPSA) is 59.4 Å². The van der Waals surface area contributed by atoms with Crippen LogP contribution in [0.2, 0.25) is 0 Å². The molecule has 0 aliphatic carbocycles. The number of rotatable bonds is 4. The smallest absolute Gasteiger partial charge is 0.328 e. The molecule has 0 atom stereocenters. The summed E-state index contributed by atoms with van der Waals surface area (Å²) in [5, 5.41) is 10.7. The lowest BCUT2D eigenvalue weighted by atomic mass is 10.1. The maximum Gasteiger partial charge on any atom is 0.328 e. The zero-order valence-corrected chi connectivity index (χ0v) is 13.7. The SMILES string of the molecule is CCN(CC)C(=N)NC(=O)N(CC)c1c(C)cccc1C. The summed E-state index contributed by atoms with van der Waals surface area (Å²) in [6.07, 6.45) is 0. The molecule has 0 spiro atoms. The summed E-state index contributed by atoms with van der Waals surface area (Å²) in [5.74, 6) is 0.148. The number of guanidine groups is 1. The van der Waals surface area contributed by atoms with Crippen LogP contribution in [0.25, 0.3) is 0 Å². The van der Waals surface area contributed by atoms with Gasteiger partial charge >= 0.3 is 6.03 Å². The fourth-order valence-electron chi connectivity index (χ4n) is 2.42. The van der Waals surface area contributed by atoms with Crippen molar-refractivity contribution < 1.29 is 4.79 Å². The van der Waals surface area contributed by atoms with Crippen molar-refractivity contribution in [3.8, 4) is 0 Å². The number of hydrogen-bond donors (Lipinski definition) is 2. The fourth-order valence-corrected chi connectivity index (χ4v) is 2.42. The number of para-hydroxylation sites is 1. The predicted octanol–water partition coefficient (Wildman–Crippen LogP) is 3.12. The van der Waals surface area contributed by atoms with Crippen molar-refractivity contribution in [2.45, 2.75) is 34.6 Å². The number of nitrogens with one attached hydrogen (secondary N) is 2. The standard InChI is InChI=1S/C16H26N4O/c1-6-19(7-2)15(17)18-16(21)20(8-3)14-12(4)10-9-11-13(14)5/h9-11H,6-8H2,1-5H3,(H2,17,18,21). The van der Waals surface area contributed by atoms with Gasteiger partial charge in [0, 0.05) is 19.6 Å².